The summed E-state index contributed by atoms with van der Waals surface area (Å²) in [5, 5.41) is 0. The number of hydrogen-bond acceptors (Lipinski definition) is 5. The Bertz CT molecular complexity index is 1070. The van der Waals surface area contributed by atoms with Gasteiger partial charge in [-0.3, -0.25) is 4.90 Å². The van der Waals surface area contributed by atoms with Crippen molar-refractivity contribution in [3.8, 4) is 17.0 Å². The van der Waals surface area contributed by atoms with Crippen LogP contribution in [0.4, 0.5) is 32.2 Å². The molecule has 2 bridgehead atoms. The van der Waals surface area contributed by atoms with Crippen molar-refractivity contribution in [2.45, 2.75) is 42.9 Å². The van der Waals surface area contributed by atoms with Gasteiger partial charge in [0.25, 0.3) is 0 Å². The van der Waals surface area contributed by atoms with Gasteiger partial charge in [0.05, 0.1) is 17.8 Å². The van der Waals surface area contributed by atoms with Gasteiger partial charge in [0.1, 0.15) is 5.82 Å². The lowest BCUT2D eigenvalue weighted by Gasteiger charge is -2.19. The van der Waals surface area contributed by atoms with Gasteiger partial charge in [-0.05, 0) is 18.9 Å². The van der Waals surface area contributed by atoms with E-state index in [4.69, 9.17) is 5.73 Å². The molecule has 31 heavy (non-hydrogen) atoms. The topological polar surface area (TPSA) is 69.2 Å². The number of anilines is 1. The first-order valence-electron chi connectivity index (χ1n) is 9.91. The van der Waals surface area contributed by atoms with Crippen molar-refractivity contribution < 1.29 is 31.1 Å². The molecule has 5 aliphatic rings. The largest absolute Gasteiger partial charge is 0.573 e. The fourth-order valence-corrected chi connectivity index (χ4v) is 5.51. The Morgan fingerprint density at radius 3 is 2.55 bits per heavy atom. The van der Waals surface area contributed by atoms with Crippen molar-refractivity contribution in [3.05, 3.63) is 24.3 Å². The minimum absolute atomic E-state index is 0.160. The molecule has 5 fully saturated rings. The van der Waals surface area contributed by atoms with Gasteiger partial charge < -0.3 is 15.0 Å². The Kier molecular flexibility index (Phi) is 3.50. The van der Waals surface area contributed by atoms with Crippen molar-refractivity contribution in [1.82, 2.24) is 19.4 Å². The van der Waals surface area contributed by atoms with Gasteiger partial charge in [-0.2, -0.15) is 13.2 Å². The zero-order chi connectivity index (χ0) is 21.9. The Labute approximate surface area is 172 Å². The van der Waals surface area contributed by atoms with Gasteiger partial charge in [0.15, 0.2) is 11.6 Å². The summed E-state index contributed by atoms with van der Waals surface area (Å²) in [4.78, 5) is 9.93. The number of rotatable bonds is 5. The number of ether oxygens (including phenoxy) is 1. The zero-order valence-electron chi connectivity index (χ0n) is 15.9. The van der Waals surface area contributed by atoms with Crippen LogP contribution < -0.4 is 10.5 Å². The van der Waals surface area contributed by atoms with Crippen LogP contribution in [0.25, 0.3) is 11.3 Å². The molecular formula is C19H17F6N5O. The highest BCUT2D eigenvalue weighted by atomic mass is 19.4. The summed E-state index contributed by atoms with van der Waals surface area (Å²) in [7, 11) is 0. The molecule has 0 spiro atoms. The summed E-state index contributed by atoms with van der Waals surface area (Å²) in [5.74, 6) is 0.336. The van der Waals surface area contributed by atoms with Gasteiger partial charge in [-0.1, -0.05) is 0 Å². The Morgan fingerprint density at radius 2 is 1.94 bits per heavy atom. The lowest BCUT2D eigenvalue weighted by Crippen LogP contribution is -2.34. The molecule has 4 heterocycles. The van der Waals surface area contributed by atoms with Crippen molar-refractivity contribution in [3.63, 3.8) is 0 Å². The number of piperidine rings is 1. The normalized spacial score (nSPS) is 31.6. The lowest BCUT2D eigenvalue weighted by atomic mass is 10.1. The van der Waals surface area contributed by atoms with Crippen molar-refractivity contribution >= 4 is 5.82 Å². The monoisotopic (exact) mass is 445 g/mol. The molecule has 4 atom stereocenters. The molecule has 0 aromatic carbocycles. The van der Waals surface area contributed by atoms with E-state index in [0.717, 1.165) is 24.7 Å². The molecular weight excluding hydrogens is 428 g/mol. The van der Waals surface area contributed by atoms with E-state index in [1.165, 1.54) is 11.1 Å². The molecule has 2 aromatic rings. The van der Waals surface area contributed by atoms with E-state index in [-0.39, 0.29) is 29.3 Å². The highest BCUT2D eigenvalue weighted by molar-refractivity contribution is 5.64. The third kappa shape index (κ3) is 2.83. The maximum atomic E-state index is 12.9. The summed E-state index contributed by atoms with van der Waals surface area (Å²) in [6, 6.07) is 0.978. The summed E-state index contributed by atoms with van der Waals surface area (Å²) < 4.78 is 82.6. The maximum absolute atomic E-state index is 12.9. The molecule has 7 rings (SSSR count). The number of imidazole rings is 1. The van der Waals surface area contributed by atoms with Crippen LogP contribution in [0.1, 0.15) is 24.6 Å². The number of halogens is 6. The van der Waals surface area contributed by atoms with E-state index in [9.17, 15) is 26.3 Å². The van der Waals surface area contributed by atoms with E-state index >= 15 is 0 Å². The van der Waals surface area contributed by atoms with Crippen LogP contribution in [0.2, 0.25) is 0 Å². The van der Waals surface area contributed by atoms with E-state index in [2.05, 4.69) is 14.7 Å². The molecule has 2 aliphatic heterocycles. The van der Waals surface area contributed by atoms with Gasteiger partial charge in [-0.15, -0.1) is 13.2 Å². The van der Waals surface area contributed by atoms with E-state index in [0.29, 0.717) is 17.8 Å². The SMILES string of the molecule is Nc1ncc(-c2cn([C@@]34C5[C@H]3[C@H]4CN5CC(F)(F)F)c(C3CC3)n2)cc1OC(F)(F)F. The summed E-state index contributed by atoms with van der Waals surface area (Å²) in [5.41, 5.74) is 5.87. The molecule has 2 N–H and O–H groups in total. The van der Waals surface area contributed by atoms with Crippen LogP contribution in [0.15, 0.2) is 18.5 Å². The molecule has 2 saturated heterocycles. The first-order valence-corrected chi connectivity index (χ1v) is 9.91. The number of hydrogen-bond donors (Lipinski definition) is 1. The number of aromatic nitrogens is 3. The Hall–Kier alpha value is -2.50. The van der Waals surface area contributed by atoms with E-state index in [1.807, 2.05) is 4.57 Å². The van der Waals surface area contributed by atoms with Gasteiger partial charge in [0.2, 0.25) is 0 Å². The first-order chi connectivity index (χ1) is 14.5. The minimum atomic E-state index is -4.91. The third-order valence-corrected chi connectivity index (χ3v) is 6.86. The standard InChI is InChI=1S/C19H17F6N5O/c20-17(21,22)7-29-5-10-13-14(29)18(10,13)30-6-11(28-16(30)8-1-2-8)9-3-12(15(26)27-4-9)31-19(23,24)25/h3-4,6,8,10,13-14H,1-2,5,7H2,(H2,26,27)/t10-,13-,14?,18-/m1/s1. The predicted octanol–water partition coefficient (Wildman–Crippen LogP) is 3.50. The smallest absolute Gasteiger partial charge is 0.402 e. The number of nitrogens with two attached hydrogens (primary N) is 1. The molecule has 166 valence electrons. The maximum Gasteiger partial charge on any atom is 0.573 e. The van der Waals surface area contributed by atoms with Gasteiger partial charge in [0, 0.05) is 48.3 Å². The number of fused-ring (bicyclic) bond motifs is 1. The number of nitrogen functional groups attached to an aromatic ring is 1. The van der Waals surface area contributed by atoms with Gasteiger partial charge >= 0.3 is 12.5 Å². The number of alkyl halides is 6. The average Bonchev–Trinajstić information content (AvgIpc) is 3.58. The van der Waals surface area contributed by atoms with Crippen LogP contribution in [0, 0.1) is 11.8 Å². The van der Waals surface area contributed by atoms with Crippen LogP contribution in [0.5, 0.6) is 5.75 Å². The molecule has 6 nitrogen and oxygen atoms in total. The first kappa shape index (κ1) is 19.2. The van der Waals surface area contributed by atoms with E-state index in [1.54, 1.807) is 6.20 Å². The molecule has 0 radical (unpaired) electrons. The molecule has 1 unspecified atom stereocenters. The summed E-state index contributed by atoms with van der Waals surface area (Å²) in [6.07, 6.45) is -4.24. The van der Waals surface area contributed by atoms with Crippen LogP contribution in [-0.2, 0) is 5.54 Å². The second-order valence-electron chi connectivity index (χ2n) is 8.79. The summed E-state index contributed by atoms with van der Waals surface area (Å²) in [6.45, 7) is -0.522. The van der Waals surface area contributed by atoms with Crippen LogP contribution >= 0.6 is 0 Å². The fourth-order valence-electron chi connectivity index (χ4n) is 5.51. The minimum Gasteiger partial charge on any atom is -0.402 e. The fraction of sp³-hybridized carbons (Fsp3) is 0.579. The predicted molar refractivity (Wildman–Crippen MR) is 94.9 cm³/mol. The highest BCUT2D eigenvalue weighted by Gasteiger charge is 2.94. The Morgan fingerprint density at radius 1 is 1.19 bits per heavy atom. The summed E-state index contributed by atoms with van der Waals surface area (Å²) >= 11 is 0. The quantitative estimate of drug-likeness (QED) is 0.714. The highest BCUT2D eigenvalue weighted by Crippen LogP contribution is 2.84. The van der Waals surface area contributed by atoms with Crippen LogP contribution in [0.3, 0.4) is 0 Å². The van der Waals surface area contributed by atoms with Gasteiger partial charge in [-0.25, -0.2) is 9.97 Å². The lowest BCUT2D eigenvalue weighted by molar-refractivity contribution is -0.274. The molecule has 3 saturated carbocycles. The van der Waals surface area contributed by atoms with Crippen molar-refractivity contribution in [2.24, 2.45) is 11.8 Å². The second-order valence-corrected chi connectivity index (χ2v) is 8.79. The van der Waals surface area contributed by atoms with Crippen molar-refractivity contribution in [1.29, 1.82) is 0 Å². The molecule has 12 heteroatoms. The van der Waals surface area contributed by atoms with Crippen LogP contribution in [-0.4, -0.2) is 51.1 Å². The second kappa shape index (κ2) is 5.64. The number of pyridine rings is 1. The molecule has 3 aliphatic carbocycles. The average molecular weight is 445 g/mol. The zero-order valence-corrected chi connectivity index (χ0v) is 15.9. The van der Waals surface area contributed by atoms with Crippen molar-refractivity contribution in [2.75, 3.05) is 18.8 Å². The molecule has 0 amide bonds. The van der Waals surface area contributed by atoms with E-state index < -0.39 is 30.7 Å². The molecule has 2 aromatic heterocycles. The third-order valence-electron chi connectivity index (χ3n) is 6.86. The Balaban J connectivity index is 1.33. The number of nitrogens with zero attached hydrogens (tertiary/aromatic N) is 4.